The number of rotatable bonds is 6. The number of carbonyl (C=O) groups excluding carboxylic acids is 1. The van der Waals surface area contributed by atoms with E-state index in [0.717, 1.165) is 11.3 Å². The fourth-order valence-corrected chi connectivity index (χ4v) is 3.88. The first-order valence-corrected chi connectivity index (χ1v) is 10.5. The Balaban J connectivity index is 1.77. The minimum Gasteiger partial charge on any atom is -0.309 e. The quantitative estimate of drug-likeness (QED) is 0.671. The summed E-state index contributed by atoms with van der Waals surface area (Å²) < 4.78 is 27.5. The number of sulfonamides is 1. The van der Waals surface area contributed by atoms with E-state index in [1.807, 2.05) is 44.2 Å². The van der Waals surface area contributed by atoms with Crippen molar-refractivity contribution in [1.82, 2.24) is 0 Å². The summed E-state index contributed by atoms with van der Waals surface area (Å²) in [6.45, 7) is 4.34. The van der Waals surface area contributed by atoms with E-state index in [1.54, 1.807) is 53.4 Å². The summed E-state index contributed by atoms with van der Waals surface area (Å²) in [4.78, 5) is 14.7. The molecule has 0 spiro atoms. The number of nitrogens with zero attached hydrogens (tertiary/aromatic N) is 1. The molecular weight excluding hydrogens is 372 g/mol. The van der Waals surface area contributed by atoms with E-state index >= 15 is 0 Å². The minimum absolute atomic E-state index is 0.137. The highest BCUT2D eigenvalue weighted by Crippen LogP contribution is 2.20. The van der Waals surface area contributed by atoms with Crippen LogP contribution in [0.25, 0.3) is 0 Å². The molecule has 0 unspecified atom stereocenters. The Morgan fingerprint density at radius 3 is 2.07 bits per heavy atom. The van der Waals surface area contributed by atoms with Crippen LogP contribution in [0, 0.1) is 6.92 Å². The molecule has 6 heteroatoms. The number of para-hydroxylation sites is 1. The molecule has 0 radical (unpaired) electrons. The van der Waals surface area contributed by atoms with Gasteiger partial charge in [0.25, 0.3) is 15.9 Å². The van der Waals surface area contributed by atoms with Crippen molar-refractivity contribution in [1.29, 1.82) is 0 Å². The second-order valence-electron chi connectivity index (χ2n) is 6.38. The topological polar surface area (TPSA) is 66.5 Å². The van der Waals surface area contributed by atoms with Crippen LogP contribution in [0.1, 0.15) is 22.8 Å². The fourth-order valence-electron chi connectivity index (χ4n) is 2.82. The van der Waals surface area contributed by atoms with Gasteiger partial charge >= 0.3 is 0 Å². The van der Waals surface area contributed by atoms with Crippen LogP contribution in [-0.2, 0) is 10.0 Å². The zero-order valence-corrected chi connectivity index (χ0v) is 16.6. The lowest BCUT2D eigenvalue weighted by molar-refractivity contribution is 0.0988. The summed E-state index contributed by atoms with van der Waals surface area (Å²) >= 11 is 0. The molecule has 0 aromatic heterocycles. The van der Waals surface area contributed by atoms with Crippen molar-refractivity contribution >= 4 is 27.3 Å². The molecule has 0 aliphatic carbocycles. The van der Waals surface area contributed by atoms with Gasteiger partial charge in [-0.25, -0.2) is 8.42 Å². The van der Waals surface area contributed by atoms with E-state index in [9.17, 15) is 13.2 Å². The second kappa shape index (κ2) is 8.27. The highest BCUT2D eigenvalue weighted by atomic mass is 32.2. The first-order valence-electron chi connectivity index (χ1n) is 8.97. The summed E-state index contributed by atoms with van der Waals surface area (Å²) in [6.07, 6.45) is 0. The van der Waals surface area contributed by atoms with Crippen LogP contribution in [0.3, 0.4) is 0 Å². The first kappa shape index (κ1) is 19.6. The molecular formula is C22H22N2O3S. The SMILES string of the molecule is CCN(C(=O)c1ccc(NS(=O)(=O)c2ccc(C)cc2)cc1)c1ccccc1. The Kier molecular flexibility index (Phi) is 5.80. The summed E-state index contributed by atoms with van der Waals surface area (Å²) in [6, 6.07) is 22.5. The second-order valence-corrected chi connectivity index (χ2v) is 8.06. The largest absolute Gasteiger partial charge is 0.309 e. The van der Waals surface area contributed by atoms with Crippen molar-refractivity contribution in [3.8, 4) is 0 Å². The number of amides is 1. The Labute approximate surface area is 165 Å². The van der Waals surface area contributed by atoms with E-state index in [0.29, 0.717) is 17.8 Å². The van der Waals surface area contributed by atoms with Gasteiger partial charge in [0.05, 0.1) is 4.90 Å². The molecule has 0 fully saturated rings. The molecule has 0 heterocycles. The zero-order valence-electron chi connectivity index (χ0n) is 15.8. The lowest BCUT2D eigenvalue weighted by Crippen LogP contribution is -2.30. The molecule has 144 valence electrons. The summed E-state index contributed by atoms with van der Waals surface area (Å²) in [5.74, 6) is -0.137. The van der Waals surface area contributed by atoms with Gasteiger partial charge in [-0.05, 0) is 62.4 Å². The fraction of sp³-hybridized carbons (Fsp3) is 0.136. The molecule has 0 aliphatic rings. The average Bonchev–Trinajstić information content (AvgIpc) is 2.70. The third-order valence-corrected chi connectivity index (χ3v) is 5.74. The molecule has 0 bridgehead atoms. The maximum Gasteiger partial charge on any atom is 0.261 e. The molecule has 3 aromatic rings. The molecule has 1 amide bonds. The van der Waals surface area contributed by atoms with E-state index < -0.39 is 10.0 Å². The molecule has 1 N–H and O–H groups in total. The Morgan fingerprint density at radius 2 is 1.50 bits per heavy atom. The van der Waals surface area contributed by atoms with Crippen molar-refractivity contribution in [2.75, 3.05) is 16.2 Å². The van der Waals surface area contributed by atoms with Crippen molar-refractivity contribution in [3.63, 3.8) is 0 Å². The van der Waals surface area contributed by atoms with E-state index in [4.69, 9.17) is 0 Å². The van der Waals surface area contributed by atoms with Crippen LogP contribution in [0.5, 0.6) is 0 Å². The van der Waals surface area contributed by atoms with Crippen LogP contribution in [0.15, 0.2) is 83.8 Å². The third-order valence-electron chi connectivity index (χ3n) is 4.34. The number of carbonyl (C=O) groups is 1. The van der Waals surface area contributed by atoms with Crippen molar-refractivity contribution in [2.45, 2.75) is 18.7 Å². The van der Waals surface area contributed by atoms with E-state index in [2.05, 4.69) is 4.72 Å². The Hall–Kier alpha value is -3.12. The first-order chi connectivity index (χ1) is 13.4. The predicted molar refractivity (Wildman–Crippen MR) is 112 cm³/mol. The van der Waals surface area contributed by atoms with Crippen molar-refractivity contribution in [3.05, 3.63) is 90.0 Å². The van der Waals surface area contributed by atoms with Crippen molar-refractivity contribution in [2.24, 2.45) is 0 Å². The molecule has 5 nitrogen and oxygen atoms in total. The summed E-state index contributed by atoms with van der Waals surface area (Å²) in [5, 5.41) is 0. The molecule has 3 aromatic carbocycles. The number of hydrogen-bond acceptors (Lipinski definition) is 3. The summed E-state index contributed by atoms with van der Waals surface area (Å²) in [5.41, 5.74) is 2.70. The van der Waals surface area contributed by atoms with Gasteiger partial charge in [0.2, 0.25) is 0 Å². The highest BCUT2D eigenvalue weighted by molar-refractivity contribution is 7.92. The Bertz CT molecular complexity index is 1050. The van der Waals surface area contributed by atoms with Gasteiger partial charge < -0.3 is 4.90 Å². The maximum absolute atomic E-state index is 12.8. The molecule has 3 rings (SSSR count). The van der Waals surface area contributed by atoms with Crippen LogP contribution in [-0.4, -0.2) is 20.9 Å². The van der Waals surface area contributed by atoms with Crippen LogP contribution >= 0.6 is 0 Å². The molecule has 0 atom stereocenters. The standard InChI is InChI=1S/C22H22N2O3S/c1-3-24(20-7-5-4-6-8-20)22(25)18-11-13-19(14-12-18)23-28(26,27)21-15-9-17(2)10-16-21/h4-16,23H,3H2,1-2H3. The maximum atomic E-state index is 12.8. The van der Waals surface area contributed by atoms with Crippen LogP contribution in [0.2, 0.25) is 0 Å². The van der Waals surface area contributed by atoms with Crippen LogP contribution in [0.4, 0.5) is 11.4 Å². The molecule has 28 heavy (non-hydrogen) atoms. The van der Waals surface area contributed by atoms with E-state index in [1.165, 1.54) is 0 Å². The number of hydrogen-bond donors (Lipinski definition) is 1. The Morgan fingerprint density at radius 1 is 0.893 bits per heavy atom. The monoisotopic (exact) mass is 394 g/mol. The lowest BCUT2D eigenvalue weighted by Gasteiger charge is -2.21. The summed E-state index contributed by atoms with van der Waals surface area (Å²) in [7, 11) is -3.67. The zero-order chi connectivity index (χ0) is 20.1. The van der Waals surface area contributed by atoms with Gasteiger partial charge in [-0.1, -0.05) is 35.9 Å². The van der Waals surface area contributed by atoms with Crippen LogP contribution < -0.4 is 9.62 Å². The van der Waals surface area contributed by atoms with Gasteiger partial charge in [-0.2, -0.15) is 0 Å². The average molecular weight is 394 g/mol. The van der Waals surface area contributed by atoms with Crippen molar-refractivity contribution < 1.29 is 13.2 Å². The van der Waals surface area contributed by atoms with Gasteiger partial charge in [0.15, 0.2) is 0 Å². The number of benzene rings is 3. The third kappa shape index (κ3) is 4.40. The predicted octanol–water partition coefficient (Wildman–Crippen LogP) is 4.46. The van der Waals surface area contributed by atoms with Gasteiger partial charge in [0, 0.05) is 23.5 Å². The van der Waals surface area contributed by atoms with Gasteiger partial charge in [-0.15, -0.1) is 0 Å². The van der Waals surface area contributed by atoms with Gasteiger partial charge in [-0.3, -0.25) is 9.52 Å². The molecule has 0 aliphatic heterocycles. The number of anilines is 2. The normalized spacial score (nSPS) is 11.1. The smallest absolute Gasteiger partial charge is 0.261 e. The molecule has 0 saturated carbocycles. The van der Waals surface area contributed by atoms with Gasteiger partial charge in [0.1, 0.15) is 0 Å². The number of nitrogens with one attached hydrogen (secondary N) is 1. The van der Waals surface area contributed by atoms with E-state index in [-0.39, 0.29) is 10.8 Å². The minimum atomic E-state index is -3.67. The highest BCUT2D eigenvalue weighted by Gasteiger charge is 2.17. The lowest BCUT2D eigenvalue weighted by atomic mass is 10.1. The molecule has 0 saturated heterocycles. The number of aryl methyl sites for hydroxylation is 1.